The third kappa shape index (κ3) is 4.47. The molecule has 0 radical (unpaired) electrons. The summed E-state index contributed by atoms with van der Waals surface area (Å²) >= 11 is 0. The monoisotopic (exact) mass is 304 g/mol. The minimum Gasteiger partial charge on any atom is -0.497 e. The summed E-state index contributed by atoms with van der Waals surface area (Å²) in [6.07, 6.45) is 2.53. The van der Waals surface area contributed by atoms with E-state index in [1.54, 1.807) is 25.1 Å². The Morgan fingerprint density at radius 1 is 1.41 bits per heavy atom. The summed E-state index contributed by atoms with van der Waals surface area (Å²) in [6, 6.07) is 7.04. The number of ether oxygens (including phenoxy) is 2. The molecular weight excluding hydrogens is 280 g/mol. The van der Waals surface area contributed by atoms with Crippen LogP contribution in [0, 0.1) is 11.3 Å². The molecule has 120 valence electrons. The molecular formula is C17H24N2O3. The van der Waals surface area contributed by atoms with Gasteiger partial charge in [0.1, 0.15) is 17.4 Å². The number of methoxy groups -OCH3 is 1. The molecule has 1 amide bonds. The lowest BCUT2D eigenvalue weighted by Gasteiger charge is -2.28. The van der Waals surface area contributed by atoms with E-state index in [9.17, 15) is 10.1 Å². The highest BCUT2D eigenvalue weighted by atomic mass is 16.5. The Hall–Kier alpha value is -2.06. The standard InChI is InChI=1S/C17H24N2O3/c1-5-7-10-17(3,22-6-2)16(20)19-15-9-8-14(21-4)11-13(15)12-18/h8-9,11H,5-7,10H2,1-4H3,(H,19,20). The molecule has 1 rings (SSSR count). The summed E-state index contributed by atoms with van der Waals surface area (Å²) < 4.78 is 10.8. The molecule has 0 aliphatic carbocycles. The molecule has 0 bridgehead atoms. The van der Waals surface area contributed by atoms with Crippen molar-refractivity contribution in [3.8, 4) is 11.8 Å². The van der Waals surface area contributed by atoms with Crippen LogP contribution in [0.3, 0.4) is 0 Å². The van der Waals surface area contributed by atoms with Crippen molar-refractivity contribution in [3.05, 3.63) is 23.8 Å². The SMILES string of the molecule is CCCCC(C)(OCC)C(=O)Nc1ccc(OC)cc1C#N. The first-order chi connectivity index (χ1) is 10.5. The van der Waals surface area contributed by atoms with Gasteiger partial charge in [-0.2, -0.15) is 5.26 Å². The van der Waals surface area contributed by atoms with Crippen LogP contribution in [0.5, 0.6) is 5.75 Å². The van der Waals surface area contributed by atoms with Gasteiger partial charge in [0.05, 0.1) is 18.4 Å². The van der Waals surface area contributed by atoms with Gasteiger partial charge in [-0.05, 0) is 38.5 Å². The average Bonchev–Trinajstić information content (AvgIpc) is 2.53. The molecule has 1 N–H and O–H groups in total. The van der Waals surface area contributed by atoms with E-state index in [0.717, 1.165) is 12.8 Å². The van der Waals surface area contributed by atoms with E-state index in [1.165, 1.54) is 7.11 Å². The molecule has 1 unspecified atom stereocenters. The van der Waals surface area contributed by atoms with Crippen molar-refractivity contribution in [2.45, 2.75) is 45.6 Å². The maximum Gasteiger partial charge on any atom is 0.256 e. The summed E-state index contributed by atoms with van der Waals surface area (Å²) in [5, 5.41) is 12.0. The summed E-state index contributed by atoms with van der Waals surface area (Å²) in [7, 11) is 1.53. The minimum absolute atomic E-state index is 0.232. The van der Waals surface area contributed by atoms with Crippen LogP contribution >= 0.6 is 0 Å². The van der Waals surface area contributed by atoms with E-state index in [1.807, 2.05) is 6.92 Å². The highest BCUT2D eigenvalue weighted by Gasteiger charge is 2.33. The molecule has 1 aromatic rings. The maximum absolute atomic E-state index is 12.6. The maximum atomic E-state index is 12.6. The number of amides is 1. The van der Waals surface area contributed by atoms with Gasteiger partial charge in [0.15, 0.2) is 0 Å². The molecule has 0 aromatic heterocycles. The number of rotatable bonds is 8. The Morgan fingerprint density at radius 2 is 2.14 bits per heavy atom. The zero-order chi connectivity index (χ0) is 16.6. The molecule has 0 aliphatic heterocycles. The van der Waals surface area contributed by atoms with Crippen LogP contribution in [0.4, 0.5) is 5.69 Å². The van der Waals surface area contributed by atoms with Crippen molar-refractivity contribution in [2.75, 3.05) is 19.0 Å². The van der Waals surface area contributed by atoms with Crippen LogP contribution < -0.4 is 10.1 Å². The van der Waals surface area contributed by atoms with Crippen LogP contribution in [0.2, 0.25) is 0 Å². The summed E-state index contributed by atoms with van der Waals surface area (Å²) in [5.41, 5.74) is -0.0602. The van der Waals surface area contributed by atoms with Crippen molar-refractivity contribution in [3.63, 3.8) is 0 Å². The fraction of sp³-hybridized carbons (Fsp3) is 0.529. The Kier molecular flexibility index (Phi) is 6.87. The second kappa shape index (κ2) is 8.40. The van der Waals surface area contributed by atoms with E-state index in [0.29, 0.717) is 30.0 Å². The third-order valence-corrected chi connectivity index (χ3v) is 3.55. The molecule has 5 nitrogen and oxygen atoms in total. The van der Waals surface area contributed by atoms with Gasteiger partial charge >= 0.3 is 0 Å². The molecule has 0 spiro atoms. The highest BCUT2D eigenvalue weighted by molar-refractivity contribution is 5.98. The number of nitriles is 1. The highest BCUT2D eigenvalue weighted by Crippen LogP contribution is 2.25. The second-order valence-electron chi connectivity index (χ2n) is 5.24. The molecule has 1 aromatic carbocycles. The Labute approximate surface area is 132 Å². The van der Waals surface area contributed by atoms with E-state index in [4.69, 9.17) is 9.47 Å². The van der Waals surface area contributed by atoms with Crippen molar-refractivity contribution >= 4 is 11.6 Å². The third-order valence-electron chi connectivity index (χ3n) is 3.55. The number of benzene rings is 1. The summed E-state index contributed by atoms with van der Waals surface area (Å²) in [4.78, 5) is 12.6. The van der Waals surface area contributed by atoms with Crippen molar-refractivity contribution < 1.29 is 14.3 Å². The first-order valence-electron chi connectivity index (χ1n) is 7.54. The van der Waals surface area contributed by atoms with E-state index >= 15 is 0 Å². The van der Waals surface area contributed by atoms with E-state index < -0.39 is 5.60 Å². The van der Waals surface area contributed by atoms with Gasteiger partial charge in [0, 0.05) is 6.61 Å². The largest absolute Gasteiger partial charge is 0.497 e. The normalized spacial score (nSPS) is 13.0. The van der Waals surface area contributed by atoms with Crippen LogP contribution in [0.15, 0.2) is 18.2 Å². The smallest absolute Gasteiger partial charge is 0.256 e. The Bertz CT molecular complexity index is 551. The molecule has 1 atom stereocenters. The van der Waals surface area contributed by atoms with Gasteiger partial charge < -0.3 is 14.8 Å². The number of hydrogen-bond acceptors (Lipinski definition) is 4. The van der Waals surface area contributed by atoms with Crippen LogP contribution in [-0.4, -0.2) is 25.2 Å². The van der Waals surface area contributed by atoms with Crippen molar-refractivity contribution in [1.82, 2.24) is 0 Å². The summed E-state index contributed by atoms with van der Waals surface area (Å²) in [5.74, 6) is 0.345. The zero-order valence-electron chi connectivity index (χ0n) is 13.7. The molecule has 0 saturated carbocycles. The fourth-order valence-electron chi connectivity index (χ4n) is 2.19. The van der Waals surface area contributed by atoms with Gasteiger partial charge in [-0.25, -0.2) is 0 Å². The van der Waals surface area contributed by atoms with E-state index in [-0.39, 0.29) is 5.91 Å². The van der Waals surface area contributed by atoms with Crippen LogP contribution in [-0.2, 0) is 9.53 Å². The molecule has 0 fully saturated rings. The number of hydrogen-bond donors (Lipinski definition) is 1. The number of unbranched alkanes of at least 4 members (excludes halogenated alkanes) is 1. The first kappa shape index (κ1) is 18.0. The molecule has 0 saturated heterocycles. The average molecular weight is 304 g/mol. The van der Waals surface area contributed by atoms with Gasteiger partial charge in [-0.3, -0.25) is 4.79 Å². The van der Waals surface area contributed by atoms with Gasteiger partial charge in [0.25, 0.3) is 5.91 Å². The zero-order valence-corrected chi connectivity index (χ0v) is 13.7. The van der Waals surface area contributed by atoms with Crippen LogP contribution in [0.1, 0.15) is 45.6 Å². The van der Waals surface area contributed by atoms with Gasteiger partial charge in [-0.1, -0.05) is 19.8 Å². The van der Waals surface area contributed by atoms with E-state index in [2.05, 4.69) is 18.3 Å². The fourth-order valence-corrected chi connectivity index (χ4v) is 2.19. The number of carbonyl (C=O) groups excluding carboxylic acids is 1. The second-order valence-corrected chi connectivity index (χ2v) is 5.24. The predicted molar refractivity (Wildman–Crippen MR) is 85.9 cm³/mol. The lowest BCUT2D eigenvalue weighted by atomic mass is 9.97. The molecule has 0 aliphatic rings. The Balaban J connectivity index is 2.96. The van der Waals surface area contributed by atoms with Crippen molar-refractivity contribution in [1.29, 1.82) is 5.26 Å². The lowest BCUT2D eigenvalue weighted by Crippen LogP contribution is -2.43. The lowest BCUT2D eigenvalue weighted by molar-refractivity contribution is -0.139. The Morgan fingerprint density at radius 3 is 2.68 bits per heavy atom. The number of carbonyl (C=O) groups is 1. The number of nitrogens with zero attached hydrogens (tertiary/aromatic N) is 1. The topological polar surface area (TPSA) is 71.3 Å². The summed E-state index contributed by atoms with van der Waals surface area (Å²) in [6.45, 7) is 6.19. The quantitative estimate of drug-likeness (QED) is 0.798. The number of anilines is 1. The van der Waals surface area contributed by atoms with Crippen LogP contribution in [0.25, 0.3) is 0 Å². The van der Waals surface area contributed by atoms with Crippen molar-refractivity contribution in [2.24, 2.45) is 0 Å². The first-order valence-corrected chi connectivity index (χ1v) is 7.54. The van der Waals surface area contributed by atoms with Gasteiger partial charge in [-0.15, -0.1) is 0 Å². The van der Waals surface area contributed by atoms with Gasteiger partial charge in [0.2, 0.25) is 0 Å². The predicted octanol–water partition coefficient (Wildman–Crippen LogP) is 3.49. The molecule has 22 heavy (non-hydrogen) atoms. The number of nitrogens with one attached hydrogen (secondary N) is 1. The molecule has 5 heteroatoms. The molecule has 0 heterocycles. The minimum atomic E-state index is -0.891.